The third-order valence-electron chi connectivity index (χ3n) is 2.49. The lowest BCUT2D eigenvalue weighted by Gasteiger charge is -2.22. The molecular weight excluding hydrogens is 260 g/mol. The molecule has 4 nitrogen and oxygen atoms in total. The van der Waals surface area contributed by atoms with Gasteiger partial charge in [-0.25, -0.2) is 4.79 Å². The molecule has 0 rings (SSSR count). The molecule has 0 heterocycles. The van der Waals surface area contributed by atoms with E-state index in [0.29, 0.717) is 12.6 Å². The molecule has 0 radical (unpaired) electrons. The van der Waals surface area contributed by atoms with E-state index in [1.807, 2.05) is 32.5 Å². The molecule has 2 N–H and O–H groups in total. The van der Waals surface area contributed by atoms with Crippen LogP contribution in [-0.2, 0) is 4.74 Å². The predicted molar refractivity (Wildman–Crippen MR) is 83.9 cm³/mol. The van der Waals surface area contributed by atoms with E-state index in [1.165, 1.54) is 17.9 Å². The molecule has 1 unspecified atom stereocenters. The van der Waals surface area contributed by atoms with Crippen LogP contribution in [0, 0.1) is 0 Å². The van der Waals surface area contributed by atoms with Crippen LogP contribution in [0.25, 0.3) is 0 Å². The largest absolute Gasteiger partial charge is 0.444 e. The molecule has 0 saturated heterocycles. The molecule has 114 valence electrons. The first kappa shape index (κ1) is 18.6. The minimum absolute atomic E-state index is 0.319. The van der Waals surface area contributed by atoms with Crippen LogP contribution in [0.1, 0.15) is 47.5 Å². The lowest BCUT2D eigenvalue weighted by atomic mass is 10.2. The Morgan fingerprint density at radius 2 is 2.00 bits per heavy atom. The zero-order valence-corrected chi connectivity index (χ0v) is 13.9. The van der Waals surface area contributed by atoms with E-state index >= 15 is 0 Å². The smallest absolute Gasteiger partial charge is 0.407 e. The molecule has 0 aromatic heterocycles. The van der Waals surface area contributed by atoms with Crippen molar-refractivity contribution in [2.75, 3.05) is 24.6 Å². The second-order valence-electron chi connectivity index (χ2n) is 5.49. The van der Waals surface area contributed by atoms with Gasteiger partial charge in [-0.05, 0) is 51.7 Å². The maximum Gasteiger partial charge on any atom is 0.407 e. The Labute approximate surface area is 122 Å². The number of hydrogen-bond acceptors (Lipinski definition) is 4. The third kappa shape index (κ3) is 12.4. The summed E-state index contributed by atoms with van der Waals surface area (Å²) in [5.74, 6) is 2.37. The van der Waals surface area contributed by atoms with Gasteiger partial charge < -0.3 is 15.4 Å². The number of thioether (sulfide) groups is 1. The number of carbonyl (C=O) groups excluding carboxylic acids is 1. The van der Waals surface area contributed by atoms with E-state index < -0.39 is 5.60 Å². The van der Waals surface area contributed by atoms with Crippen LogP contribution in [-0.4, -0.2) is 42.3 Å². The van der Waals surface area contributed by atoms with E-state index in [4.69, 9.17) is 4.74 Å². The fourth-order valence-electron chi connectivity index (χ4n) is 1.51. The molecular formula is C14H30N2O2S. The number of amides is 1. The summed E-state index contributed by atoms with van der Waals surface area (Å²) in [5.41, 5.74) is -0.434. The average molecular weight is 290 g/mol. The monoisotopic (exact) mass is 290 g/mol. The van der Waals surface area contributed by atoms with Gasteiger partial charge in [-0.15, -0.1) is 0 Å². The summed E-state index contributed by atoms with van der Waals surface area (Å²) in [6.45, 7) is 11.5. The van der Waals surface area contributed by atoms with Crippen LogP contribution >= 0.6 is 11.8 Å². The number of carbonyl (C=O) groups is 1. The second kappa shape index (κ2) is 10.4. The van der Waals surface area contributed by atoms with Crippen LogP contribution in [0.5, 0.6) is 0 Å². The summed E-state index contributed by atoms with van der Waals surface area (Å²) in [6, 6.07) is 0.319. The van der Waals surface area contributed by atoms with Crippen LogP contribution in [0.2, 0.25) is 0 Å². The molecule has 0 aliphatic rings. The van der Waals surface area contributed by atoms with E-state index in [-0.39, 0.29) is 6.09 Å². The molecule has 0 fully saturated rings. The number of hydrogen-bond donors (Lipinski definition) is 2. The van der Waals surface area contributed by atoms with Crippen molar-refractivity contribution in [2.45, 2.75) is 59.1 Å². The fourth-order valence-corrected chi connectivity index (χ4v) is 2.14. The number of ether oxygens (including phenoxy) is 1. The first-order valence-electron chi connectivity index (χ1n) is 7.17. The maximum absolute atomic E-state index is 11.5. The maximum atomic E-state index is 11.5. The van der Waals surface area contributed by atoms with Gasteiger partial charge in [0.15, 0.2) is 0 Å². The summed E-state index contributed by atoms with van der Waals surface area (Å²) in [6.07, 6.45) is 1.83. The van der Waals surface area contributed by atoms with Crippen molar-refractivity contribution >= 4 is 17.9 Å². The Morgan fingerprint density at radius 1 is 1.32 bits per heavy atom. The van der Waals surface area contributed by atoms with Gasteiger partial charge in [-0.3, -0.25) is 0 Å². The highest BCUT2D eigenvalue weighted by Crippen LogP contribution is 2.06. The Morgan fingerprint density at radius 3 is 2.53 bits per heavy atom. The van der Waals surface area contributed by atoms with Crippen molar-refractivity contribution in [2.24, 2.45) is 0 Å². The SMILES string of the molecule is CCSCCCNC(CC)CNC(=O)OC(C)(C)C. The molecule has 1 amide bonds. The standard InChI is InChI=1S/C14H30N2O2S/c1-6-12(15-9-8-10-19-7-2)11-16-13(17)18-14(3,4)5/h12,15H,6-11H2,1-5H3,(H,16,17). The van der Waals surface area contributed by atoms with Gasteiger partial charge in [-0.2, -0.15) is 11.8 Å². The molecule has 0 aromatic rings. The highest BCUT2D eigenvalue weighted by Gasteiger charge is 2.16. The van der Waals surface area contributed by atoms with Crippen molar-refractivity contribution in [1.82, 2.24) is 10.6 Å². The number of rotatable bonds is 9. The van der Waals surface area contributed by atoms with Crippen LogP contribution in [0.4, 0.5) is 4.79 Å². The van der Waals surface area contributed by atoms with Gasteiger partial charge in [0, 0.05) is 12.6 Å². The molecule has 0 aliphatic carbocycles. The molecule has 0 bridgehead atoms. The van der Waals surface area contributed by atoms with Crippen molar-refractivity contribution in [3.05, 3.63) is 0 Å². The summed E-state index contributed by atoms with van der Waals surface area (Å²) >= 11 is 1.96. The highest BCUT2D eigenvalue weighted by molar-refractivity contribution is 7.99. The second-order valence-corrected chi connectivity index (χ2v) is 6.89. The number of alkyl carbamates (subject to hydrolysis) is 1. The zero-order valence-electron chi connectivity index (χ0n) is 13.0. The minimum Gasteiger partial charge on any atom is -0.444 e. The Balaban J connectivity index is 3.72. The third-order valence-corrected chi connectivity index (χ3v) is 3.47. The van der Waals surface area contributed by atoms with E-state index in [9.17, 15) is 4.79 Å². The quantitative estimate of drug-likeness (QED) is 0.641. The summed E-state index contributed by atoms with van der Waals surface area (Å²) < 4.78 is 5.21. The van der Waals surface area contributed by atoms with Gasteiger partial charge in [0.2, 0.25) is 0 Å². The van der Waals surface area contributed by atoms with E-state index in [2.05, 4.69) is 24.5 Å². The molecule has 0 spiro atoms. The zero-order chi connectivity index (χ0) is 14.7. The lowest BCUT2D eigenvalue weighted by molar-refractivity contribution is 0.0522. The Kier molecular flexibility index (Phi) is 10.1. The van der Waals surface area contributed by atoms with Crippen LogP contribution in [0.3, 0.4) is 0 Å². The van der Waals surface area contributed by atoms with Crippen molar-refractivity contribution in [3.63, 3.8) is 0 Å². The van der Waals surface area contributed by atoms with Crippen molar-refractivity contribution < 1.29 is 9.53 Å². The van der Waals surface area contributed by atoms with Gasteiger partial charge in [0.25, 0.3) is 0 Å². The number of nitrogens with one attached hydrogen (secondary N) is 2. The van der Waals surface area contributed by atoms with Crippen LogP contribution < -0.4 is 10.6 Å². The molecule has 0 saturated carbocycles. The first-order chi connectivity index (χ1) is 8.89. The molecule has 0 aliphatic heterocycles. The lowest BCUT2D eigenvalue weighted by Crippen LogP contribution is -2.42. The average Bonchev–Trinajstić information content (AvgIpc) is 2.30. The molecule has 5 heteroatoms. The normalized spacial score (nSPS) is 13.1. The summed E-state index contributed by atoms with van der Waals surface area (Å²) in [5, 5.41) is 6.28. The topological polar surface area (TPSA) is 50.4 Å². The minimum atomic E-state index is -0.434. The van der Waals surface area contributed by atoms with Crippen molar-refractivity contribution in [3.8, 4) is 0 Å². The fraction of sp³-hybridized carbons (Fsp3) is 0.929. The Hall–Kier alpha value is -0.420. The highest BCUT2D eigenvalue weighted by atomic mass is 32.2. The van der Waals surface area contributed by atoms with Gasteiger partial charge in [0.05, 0.1) is 0 Å². The van der Waals surface area contributed by atoms with Crippen LogP contribution in [0.15, 0.2) is 0 Å². The molecule has 0 aromatic carbocycles. The van der Waals surface area contributed by atoms with Gasteiger partial charge >= 0.3 is 6.09 Å². The van der Waals surface area contributed by atoms with Crippen molar-refractivity contribution in [1.29, 1.82) is 0 Å². The summed E-state index contributed by atoms with van der Waals surface area (Å²) in [4.78, 5) is 11.5. The molecule has 19 heavy (non-hydrogen) atoms. The van der Waals surface area contributed by atoms with E-state index in [1.54, 1.807) is 0 Å². The summed E-state index contributed by atoms with van der Waals surface area (Å²) in [7, 11) is 0. The van der Waals surface area contributed by atoms with E-state index in [0.717, 1.165) is 13.0 Å². The van der Waals surface area contributed by atoms with Gasteiger partial charge in [0.1, 0.15) is 5.60 Å². The van der Waals surface area contributed by atoms with Gasteiger partial charge in [-0.1, -0.05) is 13.8 Å². The first-order valence-corrected chi connectivity index (χ1v) is 8.32. The Bertz CT molecular complexity index is 242. The molecule has 1 atom stereocenters. The predicted octanol–water partition coefficient (Wildman–Crippen LogP) is 3.02.